The van der Waals surface area contributed by atoms with Crippen molar-refractivity contribution in [3.8, 4) is 17.2 Å². The van der Waals surface area contributed by atoms with E-state index in [1.165, 1.54) is 12.1 Å². The maximum Gasteiger partial charge on any atom is 0.260 e. The van der Waals surface area contributed by atoms with Crippen LogP contribution in [0.2, 0.25) is 0 Å². The van der Waals surface area contributed by atoms with Gasteiger partial charge in [-0.05, 0) is 57.0 Å². The van der Waals surface area contributed by atoms with Crippen LogP contribution >= 0.6 is 0 Å². The number of aryl methyl sites for hydroxylation is 1. The maximum absolute atomic E-state index is 12.2. The molecule has 0 aliphatic rings. The smallest absolute Gasteiger partial charge is 0.260 e. The maximum atomic E-state index is 12.2. The molecule has 2 atom stereocenters. The molecule has 0 heterocycles. The Morgan fingerprint density at radius 2 is 1.75 bits per heavy atom. The molecule has 0 spiro atoms. The predicted octanol–water partition coefficient (Wildman–Crippen LogP) is 2.92. The average Bonchev–Trinajstić information content (AvgIpc) is 2.53. The topological polar surface area (TPSA) is 78.8 Å². The lowest BCUT2D eigenvalue weighted by atomic mass is 10.1. The normalized spacial score (nSPS) is 13.1. The van der Waals surface area contributed by atoms with E-state index in [2.05, 4.69) is 5.32 Å². The molecular formula is C19H23NO4. The highest BCUT2D eigenvalue weighted by atomic mass is 16.5. The second-order valence-electron chi connectivity index (χ2n) is 6.01. The molecule has 0 aliphatic heterocycles. The Morgan fingerprint density at radius 3 is 2.38 bits per heavy atom. The number of rotatable bonds is 6. The van der Waals surface area contributed by atoms with Crippen molar-refractivity contribution < 1.29 is 19.7 Å². The Bertz CT molecular complexity index is 697. The fourth-order valence-corrected chi connectivity index (χ4v) is 2.34. The zero-order valence-corrected chi connectivity index (χ0v) is 14.1. The number of carbonyl (C=O) groups is 1. The van der Waals surface area contributed by atoms with E-state index in [4.69, 9.17) is 4.74 Å². The van der Waals surface area contributed by atoms with Crippen molar-refractivity contribution in [2.75, 3.05) is 0 Å². The van der Waals surface area contributed by atoms with Crippen LogP contribution in [0.15, 0.2) is 42.5 Å². The summed E-state index contributed by atoms with van der Waals surface area (Å²) in [4.78, 5) is 12.2. The van der Waals surface area contributed by atoms with Crippen LogP contribution in [0, 0.1) is 6.92 Å². The summed E-state index contributed by atoms with van der Waals surface area (Å²) in [6.45, 7) is 5.57. The number of hydrogen-bond acceptors (Lipinski definition) is 4. The van der Waals surface area contributed by atoms with Crippen LogP contribution in [0.25, 0.3) is 0 Å². The van der Waals surface area contributed by atoms with Gasteiger partial charge in [-0.25, -0.2) is 0 Å². The van der Waals surface area contributed by atoms with E-state index >= 15 is 0 Å². The molecule has 2 aromatic rings. The van der Waals surface area contributed by atoms with Gasteiger partial charge in [0.2, 0.25) is 0 Å². The van der Waals surface area contributed by atoms with Crippen molar-refractivity contribution in [3.63, 3.8) is 0 Å². The minimum atomic E-state index is -0.608. The van der Waals surface area contributed by atoms with Gasteiger partial charge in [0.15, 0.2) is 17.6 Å². The summed E-state index contributed by atoms with van der Waals surface area (Å²) in [6, 6.07) is 12.0. The van der Waals surface area contributed by atoms with E-state index in [1.807, 2.05) is 38.1 Å². The molecular weight excluding hydrogens is 306 g/mol. The third kappa shape index (κ3) is 4.91. The van der Waals surface area contributed by atoms with Crippen LogP contribution < -0.4 is 10.1 Å². The van der Waals surface area contributed by atoms with Crippen LogP contribution in [0.1, 0.15) is 25.0 Å². The van der Waals surface area contributed by atoms with E-state index < -0.39 is 6.10 Å². The largest absolute Gasteiger partial charge is 0.504 e. The lowest BCUT2D eigenvalue weighted by Gasteiger charge is -2.19. The van der Waals surface area contributed by atoms with Crippen LogP contribution in [0.3, 0.4) is 0 Å². The van der Waals surface area contributed by atoms with Crippen molar-refractivity contribution in [2.24, 2.45) is 0 Å². The Labute approximate surface area is 141 Å². The Morgan fingerprint density at radius 1 is 1.08 bits per heavy atom. The third-order valence-electron chi connectivity index (χ3n) is 3.67. The molecule has 0 aromatic heterocycles. The van der Waals surface area contributed by atoms with Crippen LogP contribution in [-0.2, 0) is 11.2 Å². The van der Waals surface area contributed by atoms with E-state index in [0.717, 1.165) is 11.1 Å². The highest BCUT2D eigenvalue weighted by molar-refractivity contribution is 5.81. The second-order valence-corrected chi connectivity index (χ2v) is 6.01. The number of phenols is 2. The number of benzene rings is 2. The molecule has 3 N–H and O–H groups in total. The summed E-state index contributed by atoms with van der Waals surface area (Å²) in [7, 11) is 0. The zero-order valence-electron chi connectivity index (χ0n) is 14.1. The number of phenolic OH excluding ortho intramolecular Hbond substituents is 2. The highest BCUT2D eigenvalue weighted by Gasteiger charge is 2.17. The van der Waals surface area contributed by atoms with Gasteiger partial charge in [0.25, 0.3) is 5.91 Å². The third-order valence-corrected chi connectivity index (χ3v) is 3.67. The molecule has 0 saturated carbocycles. The molecule has 1 amide bonds. The summed E-state index contributed by atoms with van der Waals surface area (Å²) < 4.78 is 5.63. The van der Waals surface area contributed by atoms with E-state index in [0.29, 0.717) is 12.2 Å². The van der Waals surface area contributed by atoms with Crippen molar-refractivity contribution in [3.05, 3.63) is 53.6 Å². The number of ether oxygens (including phenoxy) is 1. The first-order valence-corrected chi connectivity index (χ1v) is 7.89. The number of nitrogens with one attached hydrogen (secondary N) is 1. The summed E-state index contributed by atoms with van der Waals surface area (Å²) >= 11 is 0. The quantitative estimate of drug-likeness (QED) is 0.712. The van der Waals surface area contributed by atoms with Crippen molar-refractivity contribution in [2.45, 2.75) is 39.3 Å². The molecule has 0 radical (unpaired) electrons. The first kappa shape index (κ1) is 17.7. The van der Waals surface area contributed by atoms with Crippen molar-refractivity contribution >= 4 is 5.91 Å². The number of amides is 1. The van der Waals surface area contributed by atoms with Crippen molar-refractivity contribution in [1.82, 2.24) is 5.32 Å². The Kier molecular flexibility index (Phi) is 5.68. The summed E-state index contributed by atoms with van der Waals surface area (Å²) in [5.74, 6) is 0.128. The van der Waals surface area contributed by atoms with Gasteiger partial charge in [-0.15, -0.1) is 0 Å². The SMILES string of the molecule is Cc1ccc(O[C@@H](C)C(=O)N[C@H](C)Cc2ccc(O)c(O)c2)cc1. The van der Waals surface area contributed by atoms with Gasteiger partial charge in [0, 0.05) is 6.04 Å². The molecule has 5 heteroatoms. The molecule has 0 aliphatic carbocycles. The molecule has 0 unspecified atom stereocenters. The molecule has 0 saturated heterocycles. The van der Waals surface area contributed by atoms with Crippen LogP contribution in [-0.4, -0.2) is 28.3 Å². The molecule has 0 bridgehead atoms. The van der Waals surface area contributed by atoms with Gasteiger partial charge in [-0.2, -0.15) is 0 Å². The molecule has 5 nitrogen and oxygen atoms in total. The number of carbonyl (C=O) groups excluding carboxylic acids is 1. The van der Waals surface area contributed by atoms with Gasteiger partial charge in [-0.1, -0.05) is 23.8 Å². The molecule has 0 fully saturated rings. The van der Waals surface area contributed by atoms with E-state index in [1.54, 1.807) is 13.0 Å². The van der Waals surface area contributed by atoms with Crippen LogP contribution in [0.5, 0.6) is 17.2 Å². The highest BCUT2D eigenvalue weighted by Crippen LogP contribution is 2.25. The first-order chi connectivity index (χ1) is 11.3. The number of aromatic hydroxyl groups is 2. The van der Waals surface area contributed by atoms with Gasteiger partial charge in [0.1, 0.15) is 5.75 Å². The predicted molar refractivity (Wildman–Crippen MR) is 92.3 cm³/mol. The molecule has 2 rings (SSSR count). The summed E-state index contributed by atoms with van der Waals surface area (Å²) in [5.41, 5.74) is 1.95. The van der Waals surface area contributed by atoms with E-state index in [9.17, 15) is 15.0 Å². The van der Waals surface area contributed by atoms with E-state index in [-0.39, 0.29) is 23.4 Å². The van der Waals surface area contributed by atoms with Gasteiger partial charge >= 0.3 is 0 Å². The molecule has 128 valence electrons. The van der Waals surface area contributed by atoms with Gasteiger partial charge in [-0.3, -0.25) is 4.79 Å². The lowest BCUT2D eigenvalue weighted by molar-refractivity contribution is -0.127. The zero-order chi connectivity index (χ0) is 17.7. The van der Waals surface area contributed by atoms with Gasteiger partial charge in [0.05, 0.1) is 0 Å². The second kappa shape index (κ2) is 7.73. The summed E-state index contributed by atoms with van der Waals surface area (Å²) in [5, 5.41) is 21.7. The Hall–Kier alpha value is -2.69. The summed E-state index contributed by atoms with van der Waals surface area (Å²) in [6.07, 6.45) is -0.0695. The average molecular weight is 329 g/mol. The lowest BCUT2D eigenvalue weighted by Crippen LogP contribution is -2.42. The standard InChI is InChI=1S/C19H23NO4/c1-12-4-7-16(8-5-12)24-14(3)19(23)20-13(2)10-15-6-9-17(21)18(22)11-15/h4-9,11,13-14,21-22H,10H2,1-3H3,(H,20,23)/t13-,14+/m1/s1. The number of hydrogen-bond donors (Lipinski definition) is 3. The van der Waals surface area contributed by atoms with Crippen LogP contribution in [0.4, 0.5) is 0 Å². The Balaban J connectivity index is 1.87. The monoisotopic (exact) mass is 329 g/mol. The minimum Gasteiger partial charge on any atom is -0.504 e. The molecule has 24 heavy (non-hydrogen) atoms. The fraction of sp³-hybridized carbons (Fsp3) is 0.316. The fourth-order valence-electron chi connectivity index (χ4n) is 2.34. The first-order valence-electron chi connectivity index (χ1n) is 7.89. The van der Waals surface area contributed by atoms with Crippen molar-refractivity contribution in [1.29, 1.82) is 0 Å². The van der Waals surface area contributed by atoms with Gasteiger partial charge < -0.3 is 20.3 Å². The molecule has 2 aromatic carbocycles. The minimum absolute atomic E-state index is 0.134.